The molecule has 6 aromatic carbocycles. The van der Waals surface area contributed by atoms with Gasteiger partial charge in [0, 0.05) is 55.2 Å². The highest BCUT2D eigenvalue weighted by atomic mass is 16.5. The third-order valence-electron chi connectivity index (χ3n) is 14.8. The number of carboxylic acid groups (broad SMARTS) is 1. The first kappa shape index (κ1) is 56.8. The topological polar surface area (TPSA) is 159 Å². The Kier molecular flexibility index (Phi) is 20.2. The molecule has 2 heterocycles. The normalized spacial score (nSPS) is 15.0. The van der Waals surface area contributed by atoms with Crippen LogP contribution in [0.3, 0.4) is 0 Å². The lowest BCUT2D eigenvalue weighted by Gasteiger charge is -2.36. The van der Waals surface area contributed by atoms with Gasteiger partial charge >= 0.3 is 11.9 Å². The van der Waals surface area contributed by atoms with Crippen LogP contribution in [0, 0.1) is 10.8 Å². The van der Waals surface area contributed by atoms with Gasteiger partial charge in [0.2, 0.25) is 11.6 Å². The van der Waals surface area contributed by atoms with Crippen LogP contribution in [-0.4, -0.2) is 80.6 Å². The number of hydrogen-bond donors (Lipinski definition) is 2. The van der Waals surface area contributed by atoms with E-state index in [1.54, 1.807) is 27.7 Å². The number of aliphatic hydroxyl groups is 1. The van der Waals surface area contributed by atoms with E-state index in [2.05, 4.69) is 48.5 Å². The second-order valence-corrected chi connectivity index (χ2v) is 20.5. The Morgan fingerprint density at radius 1 is 0.493 bits per heavy atom. The van der Waals surface area contributed by atoms with Gasteiger partial charge in [-0.1, -0.05) is 211 Å². The van der Waals surface area contributed by atoms with E-state index in [1.165, 1.54) is 20.9 Å². The lowest BCUT2D eigenvalue weighted by Crippen LogP contribution is -2.53. The molecule has 0 bridgehead atoms. The minimum absolute atomic E-state index is 0.0759. The van der Waals surface area contributed by atoms with Crippen molar-refractivity contribution >= 4 is 35.3 Å². The summed E-state index contributed by atoms with van der Waals surface area (Å²) in [6, 6.07) is 54.4. The highest BCUT2D eigenvalue weighted by Gasteiger charge is 2.43. The zero-order valence-corrected chi connectivity index (χ0v) is 44.2. The standard InChI is InChI=1S/C32H35NO4.C17H21NO4.C15H16O/c1-4-32(2,3)29(34)30(35)33-22-26-18-12-11-17-25(26)21-28(33)31(36)37-20-19-27(23-13-7-5-8-14-23)24-15-9-6-10-16-24;1-4-17(2,3)14(19)15(20)18-10-12-8-6-5-7-11(12)9-13(18)16(21)22;16-12-11-15(13-7-3-1-4-8-13)14-9-5-2-6-10-14/h5-18,27-28H,4,19-22H2,1-3H3;5-8,13H,4,9-10H2,1-3H3,(H,21,22);1-10,15-16H,11-12H2. The number of aliphatic carboxylic acids is 1. The number of nitrogens with zero attached hydrogens (tertiary/aromatic N) is 2. The number of hydrogen-bond acceptors (Lipinski definition) is 8. The maximum absolute atomic E-state index is 13.4. The number of rotatable bonds is 17. The van der Waals surface area contributed by atoms with Gasteiger partial charge in [-0.05, 0) is 70.2 Å². The summed E-state index contributed by atoms with van der Waals surface area (Å²) in [4.78, 5) is 78.8. The average Bonchev–Trinajstić information content (AvgIpc) is 3.45. The Hall–Kier alpha value is -7.50. The molecule has 2 amide bonds. The van der Waals surface area contributed by atoms with E-state index in [4.69, 9.17) is 9.84 Å². The van der Waals surface area contributed by atoms with Crippen LogP contribution in [0.4, 0.5) is 0 Å². The fourth-order valence-corrected chi connectivity index (χ4v) is 9.36. The number of carbonyl (C=O) groups is 6. The van der Waals surface area contributed by atoms with E-state index >= 15 is 0 Å². The van der Waals surface area contributed by atoms with Gasteiger partial charge in [0.25, 0.3) is 11.8 Å². The van der Waals surface area contributed by atoms with E-state index in [1.807, 2.05) is 135 Å². The number of fused-ring (bicyclic) bond motifs is 2. The minimum atomic E-state index is -1.08. The zero-order valence-electron chi connectivity index (χ0n) is 44.2. The van der Waals surface area contributed by atoms with Crippen molar-refractivity contribution in [2.24, 2.45) is 10.8 Å². The number of amides is 2. The quantitative estimate of drug-likeness (QED) is 0.0670. The molecule has 8 rings (SSSR count). The van der Waals surface area contributed by atoms with E-state index in [9.17, 15) is 33.9 Å². The van der Waals surface area contributed by atoms with Gasteiger partial charge in [-0.15, -0.1) is 0 Å². The summed E-state index contributed by atoms with van der Waals surface area (Å²) >= 11 is 0. The Labute approximate surface area is 442 Å². The molecule has 0 radical (unpaired) electrons. The second kappa shape index (κ2) is 26.6. The van der Waals surface area contributed by atoms with Crippen molar-refractivity contribution in [3.8, 4) is 0 Å². The number of ketones is 2. The van der Waals surface area contributed by atoms with E-state index in [0.29, 0.717) is 31.6 Å². The number of carboxylic acids is 1. The van der Waals surface area contributed by atoms with Crippen molar-refractivity contribution < 1.29 is 43.7 Å². The lowest BCUT2D eigenvalue weighted by molar-refractivity contribution is -0.160. The van der Waals surface area contributed by atoms with Gasteiger partial charge < -0.3 is 24.7 Å². The molecule has 2 aliphatic heterocycles. The molecule has 11 heteroatoms. The van der Waals surface area contributed by atoms with Crippen LogP contribution in [0.5, 0.6) is 0 Å². The van der Waals surface area contributed by atoms with Crippen LogP contribution >= 0.6 is 0 Å². The van der Waals surface area contributed by atoms with Crippen molar-refractivity contribution in [2.45, 2.75) is 117 Å². The number of benzene rings is 6. The maximum Gasteiger partial charge on any atom is 0.329 e. The summed E-state index contributed by atoms with van der Waals surface area (Å²) in [5.41, 5.74) is 7.04. The number of aliphatic hydroxyl groups excluding tert-OH is 1. The monoisotopic (exact) mass is 1010 g/mol. The molecule has 392 valence electrons. The fourth-order valence-electron chi connectivity index (χ4n) is 9.36. The first-order valence-electron chi connectivity index (χ1n) is 26.1. The van der Waals surface area contributed by atoms with E-state index in [-0.39, 0.29) is 38.6 Å². The molecular weight excluding hydrogens is 941 g/mol. The summed E-state index contributed by atoms with van der Waals surface area (Å²) in [5, 5.41) is 18.6. The lowest BCUT2D eigenvalue weighted by atomic mass is 9.83. The highest BCUT2D eigenvalue weighted by molar-refractivity contribution is 6.38. The first-order chi connectivity index (χ1) is 36.0. The molecule has 0 aromatic heterocycles. The predicted octanol–water partition coefficient (Wildman–Crippen LogP) is 10.9. The summed E-state index contributed by atoms with van der Waals surface area (Å²) in [6.45, 7) is 11.5. The molecule has 2 unspecified atom stereocenters. The Morgan fingerprint density at radius 3 is 1.16 bits per heavy atom. The molecule has 0 saturated carbocycles. The summed E-state index contributed by atoms with van der Waals surface area (Å²) < 4.78 is 5.80. The molecule has 2 atom stereocenters. The van der Waals surface area contributed by atoms with Crippen molar-refractivity contribution in [1.29, 1.82) is 0 Å². The van der Waals surface area contributed by atoms with Crippen molar-refractivity contribution in [3.05, 3.63) is 214 Å². The largest absolute Gasteiger partial charge is 0.480 e. The number of carbonyl (C=O) groups excluding carboxylic acids is 5. The minimum Gasteiger partial charge on any atom is -0.480 e. The van der Waals surface area contributed by atoms with E-state index in [0.717, 1.165) is 39.8 Å². The number of ether oxygens (including phenoxy) is 1. The van der Waals surface area contributed by atoms with Gasteiger partial charge in [-0.25, -0.2) is 9.59 Å². The molecule has 75 heavy (non-hydrogen) atoms. The van der Waals surface area contributed by atoms with Gasteiger partial charge in [0.15, 0.2) is 0 Å². The Bertz CT molecular complexity index is 2770. The van der Waals surface area contributed by atoms with Gasteiger partial charge in [-0.3, -0.25) is 19.2 Å². The van der Waals surface area contributed by atoms with Crippen LogP contribution in [0.25, 0.3) is 0 Å². The van der Waals surface area contributed by atoms with Gasteiger partial charge in [0.1, 0.15) is 12.1 Å². The third kappa shape index (κ3) is 14.6. The van der Waals surface area contributed by atoms with Crippen molar-refractivity contribution in [1.82, 2.24) is 9.80 Å². The van der Waals surface area contributed by atoms with E-state index < -0.39 is 58.2 Å². The molecule has 6 aromatic rings. The zero-order chi connectivity index (χ0) is 54.1. The molecular formula is C64H72N2O9. The molecule has 2 aliphatic rings. The van der Waals surface area contributed by atoms with Gasteiger partial charge in [0.05, 0.1) is 6.61 Å². The summed E-state index contributed by atoms with van der Waals surface area (Å²) in [5.74, 6) is -3.49. The highest BCUT2D eigenvalue weighted by Crippen LogP contribution is 2.32. The molecule has 0 spiro atoms. The number of Topliss-reactive ketones (excluding diaryl/α,β-unsaturated/α-hetero) is 2. The molecule has 0 saturated heterocycles. The maximum atomic E-state index is 13.4. The molecule has 11 nitrogen and oxygen atoms in total. The van der Waals surface area contributed by atoms with Crippen LogP contribution in [0.15, 0.2) is 170 Å². The van der Waals surface area contributed by atoms with Crippen molar-refractivity contribution in [3.63, 3.8) is 0 Å². The Morgan fingerprint density at radius 2 is 0.813 bits per heavy atom. The Balaban J connectivity index is 0.000000203. The summed E-state index contributed by atoms with van der Waals surface area (Å²) in [6.07, 6.45) is 3.02. The van der Waals surface area contributed by atoms with Crippen molar-refractivity contribution in [2.75, 3.05) is 13.2 Å². The molecule has 0 fully saturated rings. The SMILES string of the molecule is CCC(C)(C)C(=O)C(=O)N1Cc2ccccc2CC1C(=O)O.CCC(C)(C)C(=O)C(=O)N1Cc2ccccc2CC1C(=O)OCCC(c1ccccc1)c1ccccc1.OCCC(c1ccccc1)c1ccccc1. The smallest absolute Gasteiger partial charge is 0.329 e. The van der Waals surface area contributed by atoms with Gasteiger partial charge in [-0.2, -0.15) is 0 Å². The fraction of sp³-hybridized carbons (Fsp3) is 0.344. The molecule has 0 aliphatic carbocycles. The van der Waals surface area contributed by atoms with Crippen LogP contribution in [0.1, 0.15) is 124 Å². The predicted molar refractivity (Wildman–Crippen MR) is 291 cm³/mol. The number of esters is 1. The first-order valence-corrected chi connectivity index (χ1v) is 26.1. The summed E-state index contributed by atoms with van der Waals surface area (Å²) in [7, 11) is 0. The average molecular weight is 1010 g/mol. The third-order valence-corrected chi connectivity index (χ3v) is 14.8. The molecule has 2 N–H and O–H groups in total. The van der Waals surface area contributed by atoms with Crippen LogP contribution in [0.2, 0.25) is 0 Å². The second-order valence-electron chi connectivity index (χ2n) is 20.5. The van der Waals surface area contributed by atoms with Crippen LogP contribution in [-0.2, 0) is 59.4 Å². The van der Waals surface area contributed by atoms with Crippen LogP contribution < -0.4 is 0 Å².